The normalized spacial score (nSPS) is 23.8. The van der Waals surface area contributed by atoms with Crippen LogP contribution >= 0.6 is 0 Å². The first-order chi connectivity index (χ1) is 8.19. The number of nitrogens with one attached hydrogen (secondary N) is 1. The van der Waals surface area contributed by atoms with Gasteiger partial charge in [0, 0.05) is 44.5 Å². The molecular formula is C13H24N4. The van der Waals surface area contributed by atoms with Crippen LogP contribution in [0.15, 0.2) is 12.3 Å². The summed E-state index contributed by atoms with van der Waals surface area (Å²) in [4.78, 5) is 2.48. The molecule has 4 heteroatoms. The maximum atomic E-state index is 4.65. The lowest BCUT2D eigenvalue weighted by atomic mass is 10.2. The highest BCUT2D eigenvalue weighted by atomic mass is 15.3. The van der Waals surface area contributed by atoms with E-state index in [9.17, 15) is 0 Å². The Hall–Kier alpha value is -0.870. The predicted molar refractivity (Wildman–Crippen MR) is 70.0 cm³/mol. The van der Waals surface area contributed by atoms with Crippen LogP contribution in [0.25, 0.3) is 0 Å². The second-order valence-electron chi connectivity index (χ2n) is 5.13. The molecule has 0 amide bonds. The highest BCUT2D eigenvalue weighted by Gasteiger charge is 2.16. The van der Waals surface area contributed by atoms with Gasteiger partial charge < -0.3 is 5.32 Å². The minimum Gasteiger partial charge on any atom is -0.312 e. The summed E-state index contributed by atoms with van der Waals surface area (Å²) in [5.41, 5.74) is 1.19. The molecule has 1 aromatic rings. The molecule has 1 saturated heterocycles. The van der Waals surface area contributed by atoms with Gasteiger partial charge in [-0.05, 0) is 26.3 Å². The van der Waals surface area contributed by atoms with Gasteiger partial charge in [-0.1, -0.05) is 6.92 Å². The summed E-state index contributed by atoms with van der Waals surface area (Å²) in [6.07, 6.45) is 3.24. The molecule has 1 aromatic heterocycles. The Morgan fingerprint density at radius 3 is 3.12 bits per heavy atom. The number of hydrogen-bond acceptors (Lipinski definition) is 3. The Labute approximate surface area is 104 Å². The maximum absolute atomic E-state index is 4.65. The lowest BCUT2D eigenvalue weighted by molar-refractivity contribution is 0.197. The molecule has 2 atom stereocenters. The summed E-state index contributed by atoms with van der Waals surface area (Å²) < 4.78 is 2.08. The Morgan fingerprint density at radius 1 is 1.59 bits per heavy atom. The average Bonchev–Trinajstić information content (AvgIpc) is 2.76. The Morgan fingerprint density at radius 2 is 2.41 bits per heavy atom. The van der Waals surface area contributed by atoms with E-state index in [0.29, 0.717) is 12.1 Å². The zero-order chi connectivity index (χ0) is 12.3. The van der Waals surface area contributed by atoms with E-state index in [1.165, 1.54) is 5.69 Å². The number of nitrogens with zero attached hydrogens (tertiary/aromatic N) is 3. The Kier molecular flexibility index (Phi) is 4.18. The summed E-state index contributed by atoms with van der Waals surface area (Å²) in [6.45, 7) is 11.0. The SMILES string of the molecule is CCC(C)n1ccc(CN2CCN[C@H](C)C2)n1. The van der Waals surface area contributed by atoms with Crippen molar-refractivity contribution in [1.29, 1.82) is 0 Å². The van der Waals surface area contributed by atoms with Gasteiger partial charge in [-0.25, -0.2) is 0 Å². The highest BCUT2D eigenvalue weighted by Crippen LogP contribution is 2.11. The first-order valence-electron chi connectivity index (χ1n) is 6.68. The fourth-order valence-electron chi connectivity index (χ4n) is 2.28. The van der Waals surface area contributed by atoms with Crippen LogP contribution in [0.1, 0.15) is 38.9 Å². The van der Waals surface area contributed by atoms with Crippen molar-refractivity contribution in [1.82, 2.24) is 20.0 Å². The third-order valence-electron chi connectivity index (χ3n) is 3.54. The zero-order valence-corrected chi connectivity index (χ0v) is 11.2. The van der Waals surface area contributed by atoms with E-state index in [1.54, 1.807) is 0 Å². The van der Waals surface area contributed by atoms with Crippen LogP contribution in [0, 0.1) is 0 Å². The third kappa shape index (κ3) is 3.30. The summed E-state index contributed by atoms with van der Waals surface area (Å²) in [6, 6.07) is 3.25. The molecule has 0 aliphatic carbocycles. The second kappa shape index (κ2) is 5.65. The highest BCUT2D eigenvalue weighted by molar-refractivity contribution is 5.00. The Balaban J connectivity index is 1.92. The maximum Gasteiger partial charge on any atom is 0.0764 e. The second-order valence-corrected chi connectivity index (χ2v) is 5.13. The average molecular weight is 236 g/mol. The molecule has 0 bridgehead atoms. The van der Waals surface area contributed by atoms with Crippen molar-refractivity contribution in [2.45, 2.75) is 45.8 Å². The van der Waals surface area contributed by atoms with Gasteiger partial charge in [-0.2, -0.15) is 5.10 Å². The molecule has 96 valence electrons. The predicted octanol–water partition coefficient (Wildman–Crippen LogP) is 1.65. The van der Waals surface area contributed by atoms with Gasteiger partial charge in [0.1, 0.15) is 0 Å². The number of hydrogen-bond donors (Lipinski definition) is 1. The van der Waals surface area contributed by atoms with E-state index in [-0.39, 0.29) is 0 Å². The van der Waals surface area contributed by atoms with Gasteiger partial charge in [0.25, 0.3) is 0 Å². The fourth-order valence-corrected chi connectivity index (χ4v) is 2.28. The molecule has 0 aromatic carbocycles. The number of aromatic nitrogens is 2. The summed E-state index contributed by atoms with van der Waals surface area (Å²) in [5, 5.41) is 8.12. The summed E-state index contributed by atoms with van der Waals surface area (Å²) in [5.74, 6) is 0. The molecule has 1 fully saturated rings. The summed E-state index contributed by atoms with van der Waals surface area (Å²) >= 11 is 0. The van der Waals surface area contributed by atoms with Crippen molar-refractivity contribution in [2.75, 3.05) is 19.6 Å². The van der Waals surface area contributed by atoms with E-state index in [2.05, 4.69) is 53.0 Å². The molecule has 1 unspecified atom stereocenters. The number of piperazine rings is 1. The van der Waals surface area contributed by atoms with Gasteiger partial charge in [0.15, 0.2) is 0 Å². The van der Waals surface area contributed by atoms with Crippen LogP contribution < -0.4 is 5.32 Å². The van der Waals surface area contributed by atoms with Crippen LogP contribution in [0.3, 0.4) is 0 Å². The van der Waals surface area contributed by atoms with Crippen molar-refractivity contribution in [3.8, 4) is 0 Å². The van der Waals surface area contributed by atoms with Crippen LogP contribution in [-0.4, -0.2) is 40.4 Å². The minimum atomic E-state index is 0.505. The molecule has 4 nitrogen and oxygen atoms in total. The summed E-state index contributed by atoms with van der Waals surface area (Å²) in [7, 11) is 0. The van der Waals surface area contributed by atoms with Crippen LogP contribution in [0.4, 0.5) is 0 Å². The van der Waals surface area contributed by atoms with Crippen LogP contribution in [-0.2, 0) is 6.54 Å². The largest absolute Gasteiger partial charge is 0.312 e. The van der Waals surface area contributed by atoms with Crippen molar-refractivity contribution in [3.63, 3.8) is 0 Å². The lowest BCUT2D eigenvalue weighted by Gasteiger charge is -2.31. The zero-order valence-electron chi connectivity index (χ0n) is 11.2. The molecule has 1 N–H and O–H groups in total. The van der Waals surface area contributed by atoms with E-state index in [0.717, 1.165) is 32.6 Å². The number of rotatable bonds is 4. The molecule has 1 aliphatic rings. The molecule has 0 radical (unpaired) electrons. The van der Waals surface area contributed by atoms with Crippen LogP contribution in [0.2, 0.25) is 0 Å². The van der Waals surface area contributed by atoms with E-state index >= 15 is 0 Å². The fraction of sp³-hybridized carbons (Fsp3) is 0.769. The topological polar surface area (TPSA) is 33.1 Å². The van der Waals surface area contributed by atoms with Crippen molar-refractivity contribution < 1.29 is 0 Å². The Bertz CT molecular complexity index is 347. The molecule has 0 spiro atoms. The van der Waals surface area contributed by atoms with Gasteiger partial charge in [-0.3, -0.25) is 9.58 Å². The van der Waals surface area contributed by atoms with Crippen LogP contribution in [0.5, 0.6) is 0 Å². The monoisotopic (exact) mass is 236 g/mol. The first-order valence-corrected chi connectivity index (χ1v) is 6.68. The molecular weight excluding hydrogens is 212 g/mol. The molecule has 2 rings (SSSR count). The minimum absolute atomic E-state index is 0.505. The quantitative estimate of drug-likeness (QED) is 0.863. The van der Waals surface area contributed by atoms with Gasteiger partial charge in [-0.15, -0.1) is 0 Å². The standard InChI is InChI=1S/C13H24N4/c1-4-12(3)17-7-5-13(15-17)10-16-8-6-14-11(2)9-16/h5,7,11-12,14H,4,6,8-10H2,1-3H3/t11-,12?/m1/s1. The first kappa shape index (κ1) is 12.6. The van der Waals surface area contributed by atoms with Crippen molar-refractivity contribution in [3.05, 3.63) is 18.0 Å². The lowest BCUT2D eigenvalue weighted by Crippen LogP contribution is -2.48. The van der Waals surface area contributed by atoms with Gasteiger partial charge >= 0.3 is 0 Å². The smallest absolute Gasteiger partial charge is 0.0764 e. The molecule has 2 heterocycles. The molecule has 1 aliphatic heterocycles. The van der Waals surface area contributed by atoms with Crippen molar-refractivity contribution in [2.24, 2.45) is 0 Å². The molecule has 0 saturated carbocycles. The third-order valence-corrected chi connectivity index (χ3v) is 3.54. The van der Waals surface area contributed by atoms with E-state index in [1.807, 2.05) is 0 Å². The van der Waals surface area contributed by atoms with Gasteiger partial charge in [0.05, 0.1) is 5.69 Å². The van der Waals surface area contributed by atoms with Crippen molar-refractivity contribution >= 4 is 0 Å². The van der Waals surface area contributed by atoms with Gasteiger partial charge in [0.2, 0.25) is 0 Å². The molecule has 17 heavy (non-hydrogen) atoms. The van der Waals surface area contributed by atoms with E-state index < -0.39 is 0 Å². The van der Waals surface area contributed by atoms with E-state index in [4.69, 9.17) is 0 Å².